The van der Waals surface area contributed by atoms with Crippen LogP contribution in [-0.2, 0) is 0 Å². The van der Waals surface area contributed by atoms with Gasteiger partial charge < -0.3 is 9.42 Å². The highest BCUT2D eigenvalue weighted by molar-refractivity contribution is 5.92. The van der Waals surface area contributed by atoms with Crippen molar-refractivity contribution in [2.45, 2.75) is 13.0 Å². The van der Waals surface area contributed by atoms with Gasteiger partial charge in [-0.05, 0) is 14.0 Å². The number of halogens is 2. The van der Waals surface area contributed by atoms with Crippen molar-refractivity contribution in [1.29, 1.82) is 0 Å². The van der Waals surface area contributed by atoms with Crippen molar-refractivity contribution >= 4 is 5.91 Å². The van der Waals surface area contributed by atoms with Crippen LogP contribution in [0.25, 0.3) is 0 Å². The molecule has 23 heavy (non-hydrogen) atoms. The highest BCUT2D eigenvalue weighted by atomic mass is 19.1. The van der Waals surface area contributed by atoms with Gasteiger partial charge in [0.05, 0.1) is 6.20 Å². The van der Waals surface area contributed by atoms with Gasteiger partial charge in [-0.3, -0.25) is 9.69 Å². The van der Waals surface area contributed by atoms with Gasteiger partial charge in [0, 0.05) is 25.7 Å². The van der Waals surface area contributed by atoms with E-state index in [2.05, 4.69) is 15.1 Å². The minimum Gasteiger partial charge on any atom is -0.338 e. The fraction of sp³-hybridized carbons (Fsp3) is 0.429. The summed E-state index contributed by atoms with van der Waals surface area (Å²) >= 11 is 0. The van der Waals surface area contributed by atoms with Crippen molar-refractivity contribution in [2.75, 3.05) is 26.7 Å². The molecule has 0 unspecified atom stereocenters. The van der Waals surface area contributed by atoms with Gasteiger partial charge in [-0.25, -0.2) is 13.8 Å². The monoisotopic (exact) mass is 323 g/mol. The Kier molecular flexibility index (Phi) is 4.03. The number of rotatable bonds is 2. The zero-order valence-electron chi connectivity index (χ0n) is 12.7. The van der Waals surface area contributed by atoms with E-state index in [1.165, 1.54) is 4.90 Å². The SMILES string of the molecule is Cc1noc([C@H]2CN(C(=O)c3ncc(F)cc3F)CCN2C)n1. The molecule has 0 bridgehead atoms. The number of piperazine rings is 1. The Morgan fingerprint density at radius 1 is 1.39 bits per heavy atom. The van der Waals surface area contributed by atoms with Crippen LogP contribution in [0.5, 0.6) is 0 Å². The molecule has 2 aromatic rings. The molecule has 3 heterocycles. The molecule has 1 amide bonds. The zero-order valence-corrected chi connectivity index (χ0v) is 12.7. The Labute approximate surface area is 130 Å². The number of hydrogen-bond acceptors (Lipinski definition) is 6. The largest absolute Gasteiger partial charge is 0.338 e. The first-order valence-corrected chi connectivity index (χ1v) is 7.06. The molecule has 1 saturated heterocycles. The van der Waals surface area contributed by atoms with Crippen LogP contribution in [0.4, 0.5) is 8.78 Å². The Hall–Kier alpha value is -2.42. The number of pyridine rings is 1. The zero-order chi connectivity index (χ0) is 16.6. The van der Waals surface area contributed by atoms with Crippen molar-refractivity contribution in [3.8, 4) is 0 Å². The lowest BCUT2D eigenvalue weighted by Gasteiger charge is -2.37. The smallest absolute Gasteiger partial charge is 0.275 e. The van der Waals surface area contributed by atoms with E-state index in [-0.39, 0.29) is 12.6 Å². The summed E-state index contributed by atoms with van der Waals surface area (Å²) in [6.45, 7) is 2.92. The lowest BCUT2D eigenvalue weighted by atomic mass is 10.1. The summed E-state index contributed by atoms with van der Waals surface area (Å²) in [5, 5.41) is 3.75. The maximum Gasteiger partial charge on any atom is 0.275 e. The molecular formula is C14H15F2N5O2. The third-order valence-electron chi connectivity index (χ3n) is 3.77. The number of carbonyl (C=O) groups excluding carboxylic acids is 1. The minimum absolute atomic E-state index is 0.259. The number of carbonyl (C=O) groups is 1. The van der Waals surface area contributed by atoms with Gasteiger partial charge in [-0.2, -0.15) is 4.98 Å². The molecule has 1 atom stereocenters. The molecule has 0 saturated carbocycles. The minimum atomic E-state index is -0.973. The number of nitrogens with zero attached hydrogens (tertiary/aromatic N) is 5. The van der Waals surface area contributed by atoms with Gasteiger partial charge in [0.25, 0.3) is 5.91 Å². The predicted octanol–water partition coefficient (Wildman–Crippen LogP) is 1.18. The Bertz CT molecular complexity index is 736. The average Bonchev–Trinajstić information content (AvgIpc) is 2.93. The second kappa shape index (κ2) is 5.99. The molecule has 122 valence electrons. The van der Waals surface area contributed by atoms with Crippen molar-refractivity contribution < 1.29 is 18.1 Å². The number of aromatic nitrogens is 3. The summed E-state index contributed by atoms with van der Waals surface area (Å²) < 4.78 is 31.9. The van der Waals surface area contributed by atoms with Crippen LogP contribution in [0.15, 0.2) is 16.8 Å². The Morgan fingerprint density at radius 2 is 2.17 bits per heavy atom. The molecule has 0 aliphatic carbocycles. The summed E-state index contributed by atoms with van der Waals surface area (Å²) in [7, 11) is 1.88. The molecule has 2 aromatic heterocycles. The van der Waals surface area contributed by atoms with E-state index in [9.17, 15) is 13.6 Å². The second-order valence-corrected chi connectivity index (χ2v) is 5.41. The summed E-state index contributed by atoms with van der Waals surface area (Å²) in [5.41, 5.74) is -0.392. The first kappa shape index (κ1) is 15.5. The molecule has 0 aromatic carbocycles. The van der Waals surface area contributed by atoms with Gasteiger partial charge >= 0.3 is 0 Å². The predicted molar refractivity (Wildman–Crippen MR) is 74.5 cm³/mol. The number of hydrogen-bond donors (Lipinski definition) is 0. The van der Waals surface area contributed by atoms with Crippen LogP contribution >= 0.6 is 0 Å². The Balaban J connectivity index is 1.81. The number of likely N-dealkylation sites (N-methyl/N-ethyl adjacent to an activating group) is 1. The van der Waals surface area contributed by atoms with Crippen LogP contribution in [-0.4, -0.2) is 57.5 Å². The van der Waals surface area contributed by atoms with E-state index in [1.54, 1.807) is 6.92 Å². The third kappa shape index (κ3) is 3.04. The molecule has 0 N–H and O–H groups in total. The maximum atomic E-state index is 13.8. The first-order chi connectivity index (χ1) is 11.0. The van der Waals surface area contributed by atoms with E-state index in [0.717, 1.165) is 6.20 Å². The quantitative estimate of drug-likeness (QED) is 0.826. The molecule has 9 heteroatoms. The van der Waals surface area contributed by atoms with E-state index in [0.29, 0.717) is 30.9 Å². The normalized spacial score (nSPS) is 19.1. The summed E-state index contributed by atoms with van der Waals surface area (Å²) in [4.78, 5) is 23.6. The van der Waals surface area contributed by atoms with Crippen LogP contribution in [0.1, 0.15) is 28.2 Å². The molecule has 1 aliphatic rings. The molecule has 7 nitrogen and oxygen atoms in total. The van der Waals surface area contributed by atoms with Crippen molar-refractivity contribution in [3.05, 3.63) is 41.3 Å². The molecule has 0 radical (unpaired) electrons. The lowest BCUT2D eigenvalue weighted by Crippen LogP contribution is -2.49. The molecular weight excluding hydrogens is 308 g/mol. The van der Waals surface area contributed by atoms with Crippen LogP contribution in [0, 0.1) is 18.6 Å². The standard InChI is InChI=1S/C14H15F2N5O2/c1-8-18-13(23-19-8)11-7-21(4-3-20(11)2)14(22)12-10(16)5-9(15)6-17-12/h5-6,11H,3-4,7H2,1-2H3/t11-/m1/s1. The van der Waals surface area contributed by atoms with E-state index >= 15 is 0 Å². The van der Waals surface area contributed by atoms with Crippen LogP contribution < -0.4 is 0 Å². The number of amides is 1. The van der Waals surface area contributed by atoms with Gasteiger partial charge in [0.15, 0.2) is 17.3 Å². The van der Waals surface area contributed by atoms with E-state index in [4.69, 9.17) is 4.52 Å². The fourth-order valence-electron chi connectivity index (χ4n) is 2.49. The van der Waals surface area contributed by atoms with Gasteiger partial charge in [-0.1, -0.05) is 5.16 Å². The maximum absolute atomic E-state index is 13.8. The first-order valence-electron chi connectivity index (χ1n) is 7.06. The van der Waals surface area contributed by atoms with E-state index in [1.807, 2.05) is 11.9 Å². The van der Waals surface area contributed by atoms with Gasteiger partial charge in [-0.15, -0.1) is 0 Å². The lowest BCUT2D eigenvalue weighted by molar-refractivity contribution is 0.0479. The molecule has 1 fully saturated rings. The summed E-state index contributed by atoms with van der Waals surface area (Å²) in [6, 6.07) is 0.368. The molecule has 1 aliphatic heterocycles. The third-order valence-corrected chi connectivity index (χ3v) is 3.77. The van der Waals surface area contributed by atoms with Gasteiger partial charge in [0.2, 0.25) is 5.89 Å². The highest BCUT2D eigenvalue weighted by Crippen LogP contribution is 2.24. The van der Waals surface area contributed by atoms with E-state index < -0.39 is 23.2 Å². The molecule has 0 spiro atoms. The highest BCUT2D eigenvalue weighted by Gasteiger charge is 2.33. The average molecular weight is 323 g/mol. The van der Waals surface area contributed by atoms with Gasteiger partial charge in [0.1, 0.15) is 11.9 Å². The van der Waals surface area contributed by atoms with Crippen molar-refractivity contribution in [2.24, 2.45) is 0 Å². The van der Waals surface area contributed by atoms with Crippen LogP contribution in [0.3, 0.4) is 0 Å². The second-order valence-electron chi connectivity index (χ2n) is 5.41. The molecule has 3 rings (SSSR count). The summed E-state index contributed by atoms with van der Waals surface area (Å²) in [5.74, 6) is -1.48. The van der Waals surface area contributed by atoms with Crippen LogP contribution in [0.2, 0.25) is 0 Å². The Morgan fingerprint density at radius 3 is 2.83 bits per heavy atom. The fourth-order valence-corrected chi connectivity index (χ4v) is 2.49. The van der Waals surface area contributed by atoms with Crippen molar-refractivity contribution in [1.82, 2.24) is 24.9 Å². The topological polar surface area (TPSA) is 75.4 Å². The van der Waals surface area contributed by atoms with Crippen molar-refractivity contribution in [3.63, 3.8) is 0 Å². The number of aryl methyl sites for hydroxylation is 1. The summed E-state index contributed by atoms with van der Waals surface area (Å²) in [6.07, 6.45) is 0.825.